The molecular weight excluding hydrogens is 462 g/mol. The van der Waals surface area contributed by atoms with E-state index in [2.05, 4.69) is 26.1 Å². The Balaban J connectivity index is 2.12. The minimum Gasteiger partial charge on any atom is -0.503 e. The molecule has 1 aliphatic heterocycles. The van der Waals surface area contributed by atoms with Crippen LogP contribution < -0.4 is 10.1 Å². The van der Waals surface area contributed by atoms with Gasteiger partial charge in [0.15, 0.2) is 17.3 Å². The van der Waals surface area contributed by atoms with Gasteiger partial charge in [-0.15, -0.1) is 0 Å². The van der Waals surface area contributed by atoms with E-state index in [1.807, 2.05) is 6.92 Å². The van der Waals surface area contributed by atoms with Crippen LogP contribution in [0.15, 0.2) is 34.7 Å². The number of rotatable bonds is 8. The summed E-state index contributed by atoms with van der Waals surface area (Å²) in [6.07, 6.45) is 1.06. The fraction of sp³-hybridized carbons (Fsp3) is 0.520. The van der Waals surface area contributed by atoms with Crippen LogP contribution in [-0.2, 0) is 14.3 Å². The van der Waals surface area contributed by atoms with E-state index in [1.165, 1.54) is 0 Å². The number of carbonyl (C=O) groups is 2. The van der Waals surface area contributed by atoms with Crippen molar-refractivity contribution in [2.24, 2.45) is 5.41 Å². The lowest BCUT2D eigenvalue weighted by Gasteiger charge is -2.39. The molecule has 2 N–H and O–H groups in total. The Morgan fingerprint density at radius 3 is 2.70 bits per heavy atom. The largest absolute Gasteiger partial charge is 0.503 e. The fourth-order valence-corrected chi connectivity index (χ4v) is 5.19. The van der Waals surface area contributed by atoms with Crippen LogP contribution in [0.2, 0.25) is 5.02 Å². The van der Waals surface area contributed by atoms with Crippen molar-refractivity contribution in [1.29, 1.82) is 0 Å². The predicted octanol–water partition coefficient (Wildman–Crippen LogP) is 5.34. The highest BCUT2D eigenvalue weighted by molar-refractivity contribution is 7.99. The minimum atomic E-state index is -0.659. The summed E-state index contributed by atoms with van der Waals surface area (Å²) in [5.41, 5.74) is 2.83. The smallest absolute Gasteiger partial charge is 0.336 e. The van der Waals surface area contributed by atoms with Gasteiger partial charge in [-0.25, -0.2) is 4.79 Å². The van der Waals surface area contributed by atoms with Gasteiger partial charge in [-0.05, 0) is 49.1 Å². The Bertz CT molecular complexity index is 1010. The lowest BCUT2D eigenvalue weighted by atomic mass is 9.68. The molecule has 0 radical (unpaired) electrons. The third-order valence-electron chi connectivity index (χ3n) is 5.81. The summed E-state index contributed by atoms with van der Waals surface area (Å²) >= 11 is 8.02. The van der Waals surface area contributed by atoms with E-state index in [9.17, 15) is 14.7 Å². The standard InChI is InChI=1S/C25H32ClNO5S/c1-6-31-19-11-15(10-16(26)23(19)29)21-20(24(30)32-8-9-33-7-2)14(3)27-17-12-25(4,5)13-18(28)22(17)21/h10-11,21,27,29H,6-9,12-13H2,1-5H3. The highest BCUT2D eigenvalue weighted by Crippen LogP contribution is 2.49. The average Bonchev–Trinajstić information content (AvgIpc) is 2.72. The number of ketones is 1. The summed E-state index contributed by atoms with van der Waals surface area (Å²) in [4.78, 5) is 26.6. The molecule has 1 heterocycles. The fourth-order valence-electron chi connectivity index (χ4n) is 4.48. The van der Waals surface area contributed by atoms with Crippen LogP contribution in [0.1, 0.15) is 58.9 Å². The highest BCUT2D eigenvalue weighted by Gasteiger charge is 2.43. The third kappa shape index (κ3) is 5.52. The Hall–Kier alpha value is -2.12. The van der Waals surface area contributed by atoms with E-state index >= 15 is 0 Å². The summed E-state index contributed by atoms with van der Waals surface area (Å²) in [6.45, 7) is 10.4. The van der Waals surface area contributed by atoms with Crippen LogP contribution in [0.25, 0.3) is 0 Å². The van der Waals surface area contributed by atoms with E-state index in [4.69, 9.17) is 21.1 Å². The zero-order valence-electron chi connectivity index (χ0n) is 19.8. The molecule has 33 heavy (non-hydrogen) atoms. The number of allylic oxidation sites excluding steroid dienone is 3. The monoisotopic (exact) mass is 493 g/mol. The zero-order chi connectivity index (χ0) is 24.3. The number of esters is 1. The maximum Gasteiger partial charge on any atom is 0.336 e. The summed E-state index contributed by atoms with van der Waals surface area (Å²) in [5.74, 6) is 0.558. The first-order chi connectivity index (χ1) is 15.6. The number of thioether (sulfide) groups is 1. The molecule has 0 amide bonds. The molecule has 0 fully saturated rings. The number of dihydropyridines is 1. The number of phenolic OH excluding ortho intramolecular Hbond substituents is 1. The normalized spacial score (nSPS) is 19.8. The third-order valence-corrected chi connectivity index (χ3v) is 6.96. The molecule has 1 aromatic carbocycles. The maximum atomic E-state index is 13.4. The summed E-state index contributed by atoms with van der Waals surface area (Å²) in [7, 11) is 0. The van der Waals surface area contributed by atoms with Crippen molar-refractivity contribution in [3.63, 3.8) is 0 Å². The van der Waals surface area contributed by atoms with E-state index in [1.54, 1.807) is 30.8 Å². The van der Waals surface area contributed by atoms with Crippen molar-refractivity contribution >= 4 is 35.1 Å². The maximum absolute atomic E-state index is 13.4. The number of carbonyl (C=O) groups excluding carboxylic acids is 2. The average molecular weight is 494 g/mol. The van der Waals surface area contributed by atoms with Crippen molar-refractivity contribution in [2.75, 3.05) is 24.7 Å². The first kappa shape index (κ1) is 25.5. The first-order valence-corrected chi connectivity index (χ1v) is 12.8. The van der Waals surface area contributed by atoms with Gasteiger partial charge in [0, 0.05) is 35.1 Å². The highest BCUT2D eigenvalue weighted by atomic mass is 35.5. The van der Waals surface area contributed by atoms with Crippen molar-refractivity contribution < 1.29 is 24.2 Å². The number of phenols is 1. The van der Waals surface area contributed by atoms with Gasteiger partial charge in [0.25, 0.3) is 0 Å². The van der Waals surface area contributed by atoms with Crippen LogP contribution >= 0.6 is 23.4 Å². The topological polar surface area (TPSA) is 84.9 Å². The van der Waals surface area contributed by atoms with E-state index in [0.717, 1.165) is 11.4 Å². The molecule has 8 heteroatoms. The van der Waals surface area contributed by atoms with Crippen LogP contribution in [0.3, 0.4) is 0 Å². The molecular formula is C25H32ClNO5S. The number of halogens is 1. The van der Waals surface area contributed by atoms with Crippen LogP contribution in [0, 0.1) is 5.41 Å². The number of benzene rings is 1. The molecule has 0 saturated heterocycles. The SMILES string of the molecule is CCOc1cc(C2C(C(=O)OCCSCC)=C(C)NC3=C2C(=O)CC(C)(C)C3)cc(Cl)c1O. The molecule has 3 rings (SSSR count). The Kier molecular flexibility index (Phi) is 8.06. The Labute approximate surface area is 204 Å². The van der Waals surface area contributed by atoms with Gasteiger partial charge in [0.1, 0.15) is 6.61 Å². The minimum absolute atomic E-state index is 0.0137. The van der Waals surface area contributed by atoms with E-state index in [-0.39, 0.29) is 34.3 Å². The number of hydrogen-bond acceptors (Lipinski definition) is 7. The van der Waals surface area contributed by atoms with E-state index < -0.39 is 11.9 Å². The second-order valence-electron chi connectivity index (χ2n) is 9.05. The van der Waals surface area contributed by atoms with Gasteiger partial charge in [0.05, 0.1) is 17.2 Å². The van der Waals surface area contributed by atoms with Crippen molar-refractivity contribution in [3.8, 4) is 11.5 Å². The molecule has 0 bridgehead atoms. The second-order valence-corrected chi connectivity index (χ2v) is 10.8. The summed E-state index contributed by atoms with van der Waals surface area (Å²) < 4.78 is 11.2. The van der Waals surface area contributed by atoms with E-state index in [0.29, 0.717) is 47.6 Å². The number of Topliss-reactive ketones (excluding diaryl/α,β-unsaturated/α-hetero) is 1. The van der Waals surface area contributed by atoms with Crippen molar-refractivity contribution in [2.45, 2.75) is 53.4 Å². The zero-order valence-corrected chi connectivity index (χ0v) is 21.4. The lowest BCUT2D eigenvalue weighted by Crippen LogP contribution is -2.38. The number of nitrogens with one attached hydrogen (secondary N) is 1. The van der Waals surface area contributed by atoms with Crippen LogP contribution in [0.5, 0.6) is 11.5 Å². The van der Waals surface area contributed by atoms with Crippen LogP contribution in [0.4, 0.5) is 0 Å². The predicted molar refractivity (Wildman–Crippen MR) is 132 cm³/mol. The molecule has 2 aliphatic rings. The van der Waals surface area contributed by atoms with Gasteiger partial charge >= 0.3 is 5.97 Å². The number of hydrogen-bond donors (Lipinski definition) is 2. The molecule has 180 valence electrons. The Morgan fingerprint density at radius 1 is 1.30 bits per heavy atom. The molecule has 1 unspecified atom stereocenters. The van der Waals surface area contributed by atoms with Gasteiger partial charge in [-0.1, -0.05) is 32.4 Å². The summed E-state index contributed by atoms with van der Waals surface area (Å²) in [6, 6.07) is 3.26. The van der Waals surface area contributed by atoms with Gasteiger partial charge in [-0.3, -0.25) is 4.79 Å². The first-order valence-electron chi connectivity index (χ1n) is 11.2. The Morgan fingerprint density at radius 2 is 2.03 bits per heavy atom. The van der Waals surface area contributed by atoms with Crippen LogP contribution in [-0.4, -0.2) is 41.6 Å². The number of aromatic hydroxyl groups is 1. The van der Waals surface area contributed by atoms with Gasteiger partial charge in [-0.2, -0.15) is 11.8 Å². The van der Waals surface area contributed by atoms with Crippen molar-refractivity contribution in [1.82, 2.24) is 5.32 Å². The number of ether oxygens (including phenoxy) is 2. The summed E-state index contributed by atoms with van der Waals surface area (Å²) in [5, 5.41) is 13.8. The molecule has 0 saturated carbocycles. The second kappa shape index (κ2) is 10.4. The lowest BCUT2D eigenvalue weighted by molar-refractivity contribution is -0.138. The molecule has 1 aromatic rings. The van der Waals surface area contributed by atoms with Gasteiger partial charge in [0.2, 0.25) is 0 Å². The molecule has 1 aliphatic carbocycles. The molecule has 0 spiro atoms. The molecule has 1 atom stereocenters. The molecule has 0 aromatic heterocycles. The quantitative estimate of drug-likeness (QED) is 0.373. The van der Waals surface area contributed by atoms with Gasteiger partial charge < -0.3 is 19.9 Å². The molecule has 6 nitrogen and oxygen atoms in total. The van der Waals surface area contributed by atoms with Crippen molar-refractivity contribution in [3.05, 3.63) is 45.3 Å².